The number of nitrogens with zero attached hydrogens (tertiary/aromatic N) is 3. The van der Waals surface area contributed by atoms with E-state index >= 15 is 0 Å². The molecule has 0 N–H and O–H groups in total. The van der Waals surface area contributed by atoms with Gasteiger partial charge in [-0.3, -0.25) is 9.88 Å². The Morgan fingerprint density at radius 1 is 1.14 bits per heavy atom. The van der Waals surface area contributed by atoms with Gasteiger partial charge in [0.05, 0.1) is 17.4 Å². The molecule has 28 heavy (non-hydrogen) atoms. The number of likely N-dealkylation sites (tertiary alicyclic amines) is 1. The Bertz CT molecular complexity index is 890. The van der Waals surface area contributed by atoms with Crippen molar-refractivity contribution in [1.29, 1.82) is 0 Å². The molecular weight excluding hydrogens is 364 g/mol. The molecule has 2 unspecified atom stereocenters. The van der Waals surface area contributed by atoms with E-state index in [1.807, 2.05) is 19.9 Å². The highest BCUT2D eigenvalue weighted by Crippen LogP contribution is 2.36. The second kappa shape index (κ2) is 7.62. The second-order valence-electron chi connectivity index (χ2n) is 7.62. The summed E-state index contributed by atoms with van der Waals surface area (Å²) in [6, 6.07) is 2.94. The fraction of sp³-hybridized carbons (Fsp3) is 0.524. The lowest BCUT2D eigenvalue weighted by Gasteiger charge is -2.37. The van der Waals surface area contributed by atoms with Gasteiger partial charge in [0.1, 0.15) is 24.8 Å². The molecule has 0 saturated carbocycles. The first-order valence-electron chi connectivity index (χ1n) is 9.77. The largest absolute Gasteiger partial charge is 0.484 e. The number of pyridine rings is 2. The highest BCUT2D eigenvalue weighted by atomic mass is 19.1. The summed E-state index contributed by atoms with van der Waals surface area (Å²) >= 11 is 0. The molecule has 2 aliphatic rings. The number of rotatable bonds is 3. The monoisotopic (exact) mass is 389 g/mol. The number of piperidine rings is 1. The van der Waals surface area contributed by atoms with Crippen LogP contribution < -0.4 is 9.47 Å². The SMILES string of the molecule is Cc1cc(C2CCCN(C(C)c3nc4c(cc3F)OCCO4)C2)c(F)c(C)n1. The van der Waals surface area contributed by atoms with Crippen LogP contribution in [0.4, 0.5) is 8.78 Å². The van der Waals surface area contributed by atoms with Gasteiger partial charge < -0.3 is 9.47 Å². The van der Waals surface area contributed by atoms with Crippen molar-refractivity contribution in [3.63, 3.8) is 0 Å². The maximum absolute atomic E-state index is 14.7. The normalized spacial score (nSPS) is 20.8. The molecule has 0 amide bonds. The van der Waals surface area contributed by atoms with Gasteiger partial charge in [-0.05, 0) is 57.7 Å². The molecule has 2 atom stereocenters. The first kappa shape index (κ1) is 19.1. The van der Waals surface area contributed by atoms with Crippen molar-refractivity contribution in [1.82, 2.24) is 14.9 Å². The van der Waals surface area contributed by atoms with Gasteiger partial charge in [0.2, 0.25) is 0 Å². The molecule has 150 valence electrons. The van der Waals surface area contributed by atoms with Crippen molar-refractivity contribution in [2.45, 2.75) is 45.6 Å². The van der Waals surface area contributed by atoms with Crippen molar-refractivity contribution in [3.05, 3.63) is 46.4 Å². The molecular formula is C21H25F2N3O2. The van der Waals surface area contributed by atoms with Crippen LogP contribution in [0.3, 0.4) is 0 Å². The maximum atomic E-state index is 14.7. The maximum Gasteiger partial charge on any atom is 0.257 e. The molecule has 0 aliphatic carbocycles. The van der Waals surface area contributed by atoms with E-state index in [2.05, 4.69) is 14.9 Å². The highest BCUT2D eigenvalue weighted by Gasteiger charge is 2.30. The van der Waals surface area contributed by atoms with E-state index in [0.717, 1.165) is 25.1 Å². The molecule has 0 aromatic carbocycles. The lowest BCUT2D eigenvalue weighted by atomic mass is 9.89. The quantitative estimate of drug-likeness (QED) is 0.792. The zero-order valence-corrected chi connectivity index (χ0v) is 16.5. The van der Waals surface area contributed by atoms with Gasteiger partial charge in [-0.2, -0.15) is 0 Å². The molecule has 2 aromatic heterocycles. The Morgan fingerprint density at radius 3 is 2.75 bits per heavy atom. The standard InChI is InChI=1S/C21H25F2N3O2/c1-12-9-16(19(23)13(2)24-12)15-5-4-6-26(11-15)14(3)20-17(22)10-18-21(25-20)28-8-7-27-18/h9-10,14-15H,4-8,11H2,1-3H3. The number of hydrogen-bond donors (Lipinski definition) is 0. The van der Waals surface area contributed by atoms with Crippen LogP contribution in [-0.4, -0.2) is 41.2 Å². The Labute approximate surface area is 163 Å². The molecule has 2 aliphatic heterocycles. The number of halogens is 2. The third-order valence-electron chi connectivity index (χ3n) is 5.63. The molecule has 7 heteroatoms. The van der Waals surface area contributed by atoms with E-state index in [1.54, 1.807) is 6.92 Å². The van der Waals surface area contributed by atoms with Crippen molar-refractivity contribution in [3.8, 4) is 11.6 Å². The Balaban J connectivity index is 1.58. The van der Waals surface area contributed by atoms with E-state index in [0.29, 0.717) is 48.3 Å². The van der Waals surface area contributed by atoms with Crippen LogP contribution in [-0.2, 0) is 0 Å². The van der Waals surface area contributed by atoms with E-state index < -0.39 is 5.82 Å². The van der Waals surface area contributed by atoms with E-state index in [4.69, 9.17) is 9.47 Å². The van der Waals surface area contributed by atoms with Gasteiger partial charge in [-0.1, -0.05) is 0 Å². The van der Waals surface area contributed by atoms with Crippen LogP contribution in [0.5, 0.6) is 11.6 Å². The summed E-state index contributed by atoms with van der Waals surface area (Å²) < 4.78 is 40.3. The minimum absolute atomic E-state index is 0.0527. The summed E-state index contributed by atoms with van der Waals surface area (Å²) in [5.41, 5.74) is 2.29. The minimum Gasteiger partial charge on any atom is -0.484 e. The Hall–Kier alpha value is -2.28. The van der Waals surface area contributed by atoms with Crippen LogP contribution in [0, 0.1) is 25.5 Å². The van der Waals surface area contributed by atoms with E-state index in [9.17, 15) is 8.78 Å². The van der Waals surface area contributed by atoms with Gasteiger partial charge >= 0.3 is 0 Å². The predicted octanol–water partition coefficient (Wildman–Crippen LogP) is 4.08. The average molecular weight is 389 g/mol. The minimum atomic E-state index is -0.402. The second-order valence-corrected chi connectivity index (χ2v) is 7.62. The highest BCUT2D eigenvalue weighted by molar-refractivity contribution is 5.37. The zero-order chi connectivity index (χ0) is 19.8. The van der Waals surface area contributed by atoms with Crippen molar-refractivity contribution >= 4 is 0 Å². The summed E-state index contributed by atoms with van der Waals surface area (Å²) in [7, 11) is 0. The Morgan fingerprint density at radius 2 is 1.93 bits per heavy atom. The third-order valence-corrected chi connectivity index (χ3v) is 5.63. The topological polar surface area (TPSA) is 47.5 Å². The molecule has 0 spiro atoms. The van der Waals surface area contributed by atoms with Crippen molar-refractivity contribution in [2.75, 3.05) is 26.3 Å². The van der Waals surface area contributed by atoms with Crippen LogP contribution in [0.2, 0.25) is 0 Å². The first-order valence-corrected chi connectivity index (χ1v) is 9.77. The fourth-order valence-corrected chi connectivity index (χ4v) is 4.18. The van der Waals surface area contributed by atoms with Gasteiger partial charge in [0.25, 0.3) is 5.88 Å². The fourth-order valence-electron chi connectivity index (χ4n) is 4.18. The van der Waals surface area contributed by atoms with Crippen LogP contribution >= 0.6 is 0 Å². The zero-order valence-electron chi connectivity index (χ0n) is 16.5. The predicted molar refractivity (Wildman–Crippen MR) is 101 cm³/mol. The van der Waals surface area contributed by atoms with Gasteiger partial charge in [-0.25, -0.2) is 13.8 Å². The van der Waals surface area contributed by atoms with Gasteiger partial charge in [-0.15, -0.1) is 0 Å². The summed E-state index contributed by atoms with van der Waals surface area (Å²) in [6.07, 6.45) is 1.82. The summed E-state index contributed by atoms with van der Waals surface area (Å²) in [5, 5.41) is 0. The summed E-state index contributed by atoms with van der Waals surface area (Å²) in [5.74, 6) is 0.113. The van der Waals surface area contributed by atoms with Crippen molar-refractivity contribution in [2.24, 2.45) is 0 Å². The molecule has 2 aromatic rings. The first-order chi connectivity index (χ1) is 13.4. The average Bonchev–Trinajstić information content (AvgIpc) is 2.69. The molecule has 0 bridgehead atoms. The molecule has 4 rings (SSSR count). The van der Waals surface area contributed by atoms with Crippen molar-refractivity contribution < 1.29 is 18.3 Å². The number of aromatic nitrogens is 2. The van der Waals surface area contributed by atoms with Gasteiger partial charge in [0.15, 0.2) is 5.75 Å². The Kier molecular flexibility index (Phi) is 5.19. The molecule has 5 nitrogen and oxygen atoms in total. The summed E-state index contributed by atoms with van der Waals surface area (Å²) in [4.78, 5) is 10.8. The lowest BCUT2D eigenvalue weighted by molar-refractivity contribution is 0.143. The number of ether oxygens (including phenoxy) is 2. The number of aryl methyl sites for hydroxylation is 2. The number of fused-ring (bicyclic) bond motifs is 1. The van der Waals surface area contributed by atoms with E-state index in [-0.39, 0.29) is 17.8 Å². The number of hydrogen-bond acceptors (Lipinski definition) is 5. The smallest absolute Gasteiger partial charge is 0.257 e. The van der Waals surface area contributed by atoms with Crippen LogP contribution in [0.25, 0.3) is 0 Å². The lowest BCUT2D eigenvalue weighted by Crippen LogP contribution is -2.37. The molecule has 1 fully saturated rings. The molecule has 4 heterocycles. The van der Waals surface area contributed by atoms with Crippen LogP contribution in [0.15, 0.2) is 12.1 Å². The molecule has 1 saturated heterocycles. The third kappa shape index (κ3) is 3.55. The van der Waals surface area contributed by atoms with Crippen LogP contribution in [0.1, 0.15) is 54.4 Å². The van der Waals surface area contributed by atoms with Gasteiger partial charge in [0, 0.05) is 18.3 Å². The summed E-state index contributed by atoms with van der Waals surface area (Å²) in [6.45, 7) is 7.79. The van der Waals surface area contributed by atoms with E-state index in [1.165, 1.54) is 6.07 Å². The molecule has 0 radical (unpaired) electrons.